The number of rotatable bonds is 6. The summed E-state index contributed by atoms with van der Waals surface area (Å²) in [6, 6.07) is 1.40. The quantitative estimate of drug-likeness (QED) is 0.667. The molecule has 0 bridgehead atoms. The van der Waals surface area contributed by atoms with E-state index in [-0.39, 0.29) is 0 Å². The van der Waals surface area contributed by atoms with E-state index in [2.05, 4.69) is 33.0 Å². The standard InChI is InChI=1S/C12H25N/c1-5-9(2)11(4)13-10(3)8-12-6-7-12/h9-13H,5-8H2,1-4H3. The Labute approximate surface area is 83.3 Å². The summed E-state index contributed by atoms with van der Waals surface area (Å²) in [7, 11) is 0. The van der Waals surface area contributed by atoms with Gasteiger partial charge in [0.25, 0.3) is 0 Å². The first-order valence-corrected chi connectivity index (χ1v) is 5.89. The predicted octanol–water partition coefficient (Wildman–Crippen LogP) is 3.20. The molecule has 3 atom stereocenters. The Bertz CT molecular complexity index is 140. The highest BCUT2D eigenvalue weighted by Crippen LogP contribution is 2.33. The van der Waals surface area contributed by atoms with Crippen molar-refractivity contribution in [2.45, 2.75) is 65.5 Å². The van der Waals surface area contributed by atoms with E-state index >= 15 is 0 Å². The molecule has 1 aliphatic carbocycles. The lowest BCUT2D eigenvalue weighted by Gasteiger charge is -2.24. The second-order valence-corrected chi connectivity index (χ2v) is 4.92. The average Bonchev–Trinajstić information content (AvgIpc) is 2.86. The molecule has 1 rings (SSSR count). The smallest absolute Gasteiger partial charge is 0.00667 e. The van der Waals surface area contributed by atoms with Crippen molar-refractivity contribution in [3.63, 3.8) is 0 Å². The molecule has 1 fully saturated rings. The molecular formula is C12H25N. The Kier molecular flexibility index (Phi) is 4.24. The van der Waals surface area contributed by atoms with Crippen LogP contribution in [-0.4, -0.2) is 12.1 Å². The Hall–Kier alpha value is -0.0400. The zero-order chi connectivity index (χ0) is 9.84. The van der Waals surface area contributed by atoms with Crippen LogP contribution in [0.3, 0.4) is 0 Å². The first-order chi connectivity index (χ1) is 6.13. The normalized spacial score (nSPS) is 24.0. The Morgan fingerprint density at radius 3 is 2.31 bits per heavy atom. The molecule has 0 amide bonds. The van der Waals surface area contributed by atoms with Gasteiger partial charge in [-0.05, 0) is 32.1 Å². The summed E-state index contributed by atoms with van der Waals surface area (Å²) < 4.78 is 0. The van der Waals surface area contributed by atoms with E-state index in [1.807, 2.05) is 0 Å². The molecule has 0 radical (unpaired) electrons. The summed E-state index contributed by atoms with van der Waals surface area (Å²) in [6.07, 6.45) is 5.62. The van der Waals surface area contributed by atoms with Gasteiger partial charge in [-0.25, -0.2) is 0 Å². The second kappa shape index (κ2) is 4.99. The van der Waals surface area contributed by atoms with E-state index < -0.39 is 0 Å². The number of hydrogen-bond acceptors (Lipinski definition) is 1. The van der Waals surface area contributed by atoms with Gasteiger partial charge in [-0.1, -0.05) is 33.1 Å². The largest absolute Gasteiger partial charge is 0.312 e. The van der Waals surface area contributed by atoms with Crippen LogP contribution >= 0.6 is 0 Å². The fourth-order valence-electron chi connectivity index (χ4n) is 1.89. The topological polar surface area (TPSA) is 12.0 Å². The van der Waals surface area contributed by atoms with Gasteiger partial charge in [0.15, 0.2) is 0 Å². The molecule has 0 aromatic carbocycles. The Morgan fingerprint density at radius 2 is 1.85 bits per heavy atom. The van der Waals surface area contributed by atoms with Gasteiger partial charge in [-0.3, -0.25) is 0 Å². The Morgan fingerprint density at radius 1 is 1.23 bits per heavy atom. The zero-order valence-corrected chi connectivity index (χ0v) is 9.64. The Balaban J connectivity index is 2.13. The maximum absolute atomic E-state index is 3.70. The maximum atomic E-state index is 3.70. The lowest BCUT2D eigenvalue weighted by Crippen LogP contribution is -2.38. The minimum Gasteiger partial charge on any atom is -0.312 e. The molecule has 0 heterocycles. The van der Waals surface area contributed by atoms with Gasteiger partial charge in [0.05, 0.1) is 0 Å². The van der Waals surface area contributed by atoms with Crippen LogP contribution in [-0.2, 0) is 0 Å². The van der Waals surface area contributed by atoms with Crippen molar-refractivity contribution in [2.75, 3.05) is 0 Å². The van der Waals surface area contributed by atoms with Crippen LogP contribution in [0.25, 0.3) is 0 Å². The molecular weight excluding hydrogens is 158 g/mol. The summed E-state index contributed by atoms with van der Waals surface area (Å²) in [4.78, 5) is 0. The van der Waals surface area contributed by atoms with E-state index in [0.29, 0.717) is 6.04 Å². The van der Waals surface area contributed by atoms with Crippen molar-refractivity contribution >= 4 is 0 Å². The van der Waals surface area contributed by atoms with Crippen molar-refractivity contribution in [1.29, 1.82) is 0 Å². The lowest BCUT2D eigenvalue weighted by atomic mass is 9.99. The van der Waals surface area contributed by atoms with Crippen LogP contribution in [0.2, 0.25) is 0 Å². The molecule has 1 nitrogen and oxygen atoms in total. The number of hydrogen-bond donors (Lipinski definition) is 1. The molecule has 1 heteroatoms. The van der Waals surface area contributed by atoms with Crippen molar-refractivity contribution < 1.29 is 0 Å². The number of nitrogens with one attached hydrogen (secondary N) is 1. The highest BCUT2D eigenvalue weighted by atomic mass is 14.9. The molecule has 13 heavy (non-hydrogen) atoms. The molecule has 1 N–H and O–H groups in total. The maximum Gasteiger partial charge on any atom is 0.00667 e. The second-order valence-electron chi connectivity index (χ2n) is 4.92. The summed E-state index contributed by atoms with van der Waals surface area (Å²) in [5.74, 6) is 1.85. The zero-order valence-electron chi connectivity index (χ0n) is 9.64. The van der Waals surface area contributed by atoms with Crippen LogP contribution in [0.1, 0.15) is 53.4 Å². The van der Waals surface area contributed by atoms with E-state index in [9.17, 15) is 0 Å². The van der Waals surface area contributed by atoms with E-state index in [1.165, 1.54) is 25.7 Å². The third kappa shape index (κ3) is 4.12. The lowest BCUT2D eigenvalue weighted by molar-refractivity contribution is 0.342. The summed E-state index contributed by atoms with van der Waals surface area (Å²) in [6.45, 7) is 9.25. The minimum atomic E-state index is 0.679. The molecule has 1 aliphatic rings. The van der Waals surface area contributed by atoms with E-state index in [4.69, 9.17) is 0 Å². The molecule has 0 aliphatic heterocycles. The van der Waals surface area contributed by atoms with Crippen LogP contribution < -0.4 is 5.32 Å². The van der Waals surface area contributed by atoms with Crippen molar-refractivity contribution in [1.82, 2.24) is 5.32 Å². The summed E-state index contributed by atoms with van der Waals surface area (Å²) >= 11 is 0. The highest BCUT2D eigenvalue weighted by Gasteiger charge is 2.24. The van der Waals surface area contributed by atoms with Gasteiger partial charge in [0.1, 0.15) is 0 Å². The first-order valence-electron chi connectivity index (χ1n) is 5.89. The van der Waals surface area contributed by atoms with Crippen LogP contribution in [0.15, 0.2) is 0 Å². The molecule has 3 unspecified atom stereocenters. The van der Waals surface area contributed by atoms with Gasteiger partial charge in [-0.15, -0.1) is 0 Å². The van der Waals surface area contributed by atoms with Gasteiger partial charge >= 0.3 is 0 Å². The molecule has 1 saturated carbocycles. The summed E-state index contributed by atoms with van der Waals surface area (Å²) in [5.41, 5.74) is 0. The van der Waals surface area contributed by atoms with Crippen molar-refractivity contribution in [2.24, 2.45) is 11.8 Å². The van der Waals surface area contributed by atoms with Gasteiger partial charge < -0.3 is 5.32 Å². The fraction of sp³-hybridized carbons (Fsp3) is 1.00. The highest BCUT2D eigenvalue weighted by molar-refractivity contribution is 4.80. The van der Waals surface area contributed by atoms with Crippen molar-refractivity contribution in [3.8, 4) is 0 Å². The third-order valence-electron chi connectivity index (χ3n) is 3.43. The monoisotopic (exact) mass is 183 g/mol. The third-order valence-corrected chi connectivity index (χ3v) is 3.43. The molecule has 0 spiro atoms. The van der Waals surface area contributed by atoms with E-state index in [1.54, 1.807) is 0 Å². The minimum absolute atomic E-state index is 0.679. The predicted molar refractivity (Wildman–Crippen MR) is 58.9 cm³/mol. The first kappa shape index (κ1) is 11.0. The molecule has 0 aromatic heterocycles. The SMILES string of the molecule is CCC(C)C(C)NC(C)CC1CC1. The van der Waals surface area contributed by atoms with Gasteiger partial charge in [0.2, 0.25) is 0 Å². The van der Waals surface area contributed by atoms with E-state index in [0.717, 1.165) is 17.9 Å². The van der Waals surface area contributed by atoms with Gasteiger partial charge in [0, 0.05) is 12.1 Å². The summed E-state index contributed by atoms with van der Waals surface area (Å²) in [5, 5.41) is 3.70. The van der Waals surface area contributed by atoms with Crippen LogP contribution in [0, 0.1) is 11.8 Å². The van der Waals surface area contributed by atoms with Crippen LogP contribution in [0.4, 0.5) is 0 Å². The van der Waals surface area contributed by atoms with Crippen molar-refractivity contribution in [3.05, 3.63) is 0 Å². The van der Waals surface area contributed by atoms with Crippen LogP contribution in [0.5, 0.6) is 0 Å². The molecule has 78 valence electrons. The fourth-order valence-corrected chi connectivity index (χ4v) is 1.89. The average molecular weight is 183 g/mol. The molecule has 0 saturated heterocycles. The molecule has 0 aromatic rings. The van der Waals surface area contributed by atoms with Gasteiger partial charge in [-0.2, -0.15) is 0 Å².